The Morgan fingerprint density at radius 1 is 0.929 bits per heavy atom. The summed E-state index contributed by atoms with van der Waals surface area (Å²) in [5.41, 5.74) is 5.16. The van der Waals surface area contributed by atoms with E-state index in [0.29, 0.717) is 11.8 Å². The first-order valence-corrected chi connectivity index (χ1v) is 11.4. The maximum absolute atomic E-state index is 6.49. The average Bonchev–Trinajstić information content (AvgIpc) is 2.72. The van der Waals surface area contributed by atoms with E-state index in [9.17, 15) is 0 Å². The van der Waals surface area contributed by atoms with Crippen molar-refractivity contribution >= 4 is 11.6 Å². The van der Waals surface area contributed by atoms with Crippen molar-refractivity contribution in [3.05, 3.63) is 69.7 Å². The van der Waals surface area contributed by atoms with Crippen molar-refractivity contribution in [2.75, 3.05) is 0 Å². The van der Waals surface area contributed by atoms with Crippen molar-refractivity contribution in [3.63, 3.8) is 0 Å². The van der Waals surface area contributed by atoms with E-state index in [2.05, 4.69) is 68.2 Å². The van der Waals surface area contributed by atoms with Gasteiger partial charge >= 0.3 is 0 Å². The molecule has 0 saturated heterocycles. The largest absolute Gasteiger partial charge is 0.0945 e. The van der Waals surface area contributed by atoms with Gasteiger partial charge in [0.1, 0.15) is 0 Å². The average molecular weight is 393 g/mol. The van der Waals surface area contributed by atoms with Gasteiger partial charge in [-0.15, -0.1) is 0 Å². The SMILES string of the molecule is CCCCCCc1ccc(C#CC2CCC(c3ccc(C)cc3)CC2)cc1Cl. The van der Waals surface area contributed by atoms with E-state index in [0.717, 1.165) is 17.0 Å². The Hall–Kier alpha value is -1.71. The molecule has 0 aromatic heterocycles. The minimum Gasteiger partial charge on any atom is -0.0945 e. The molecule has 148 valence electrons. The summed E-state index contributed by atoms with van der Waals surface area (Å²) >= 11 is 6.49. The highest BCUT2D eigenvalue weighted by atomic mass is 35.5. The molecule has 0 N–H and O–H groups in total. The Bertz CT molecular complexity index is 798. The molecule has 0 nitrogen and oxygen atoms in total. The molecule has 2 aromatic carbocycles. The van der Waals surface area contributed by atoms with Crippen molar-refractivity contribution in [3.8, 4) is 11.8 Å². The summed E-state index contributed by atoms with van der Waals surface area (Å²) in [6.07, 6.45) is 11.1. The van der Waals surface area contributed by atoms with E-state index in [1.807, 2.05) is 0 Å². The first-order valence-electron chi connectivity index (χ1n) is 11.0. The molecular weight excluding hydrogens is 360 g/mol. The summed E-state index contributed by atoms with van der Waals surface area (Å²) in [6, 6.07) is 15.5. The van der Waals surface area contributed by atoms with Crippen molar-refractivity contribution in [1.29, 1.82) is 0 Å². The van der Waals surface area contributed by atoms with E-state index in [1.54, 1.807) is 0 Å². The van der Waals surface area contributed by atoms with Gasteiger partial charge in [0.2, 0.25) is 0 Å². The molecule has 1 aliphatic carbocycles. The predicted molar refractivity (Wildman–Crippen MR) is 122 cm³/mol. The van der Waals surface area contributed by atoms with Crippen LogP contribution < -0.4 is 0 Å². The third-order valence-electron chi connectivity index (χ3n) is 6.05. The van der Waals surface area contributed by atoms with E-state index < -0.39 is 0 Å². The van der Waals surface area contributed by atoms with Crippen molar-refractivity contribution in [2.45, 2.75) is 77.6 Å². The molecule has 1 fully saturated rings. The molecule has 0 unspecified atom stereocenters. The highest BCUT2D eigenvalue weighted by molar-refractivity contribution is 6.31. The minimum absolute atomic E-state index is 0.522. The Morgan fingerprint density at radius 3 is 2.36 bits per heavy atom. The smallest absolute Gasteiger partial charge is 0.0450 e. The molecule has 0 spiro atoms. The van der Waals surface area contributed by atoms with Crippen molar-refractivity contribution < 1.29 is 0 Å². The predicted octanol–water partition coefficient (Wildman–Crippen LogP) is 8.10. The van der Waals surface area contributed by atoms with Crippen molar-refractivity contribution in [2.24, 2.45) is 5.92 Å². The number of aryl methyl sites for hydroxylation is 2. The third kappa shape index (κ3) is 6.15. The van der Waals surface area contributed by atoms with Crippen LogP contribution in [0, 0.1) is 24.7 Å². The summed E-state index contributed by atoms with van der Waals surface area (Å²) in [5.74, 6) is 8.13. The van der Waals surface area contributed by atoms with Gasteiger partial charge in [-0.2, -0.15) is 0 Å². The van der Waals surface area contributed by atoms with E-state index in [4.69, 9.17) is 11.6 Å². The monoisotopic (exact) mass is 392 g/mol. The Morgan fingerprint density at radius 2 is 1.68 bits per heavy atom. The summed E-state index contributed by atoms with van der Waals surface area (Å²) in [5, 5.41) is 0.881. The molecule has 0 aliphatic heterocycles. The molecule has 1 aliphatic rings. The zero-order valence-corrected chi connectivity index (χ0v) is 18.2. The third-order valence-corrected chi connectivity index (χ3v) is 6.40. The molecule has 2 aromatic rings. The van der Waals surface area contributed by atoms with Crippen molar-refractivity contribution in [1.82, 2.24) is 0 Å². The van der Waals surface area contributed by atoms with Gasteiger partial charge in [-0.1, -0.05) is 85.5 Å². The normalized spacial score (nSPS) is 19.1. The Labute approximate surface area is 176 Å². The Balaban J connectivity index is 1.51. The number of hydrogen-bond acceptors (Lipinski definition) is 0. The number of hydrogen-bond donors (Lipinski definition) is 0. The fourth-order valence-corrected chi connectivity index (χ4v) is 4.44. The maximum atomic E-state index is 6.49. The summed E-state index contributed by atoms with van der Waals surface area (Å²) in [7, 11) is 0. The lowest BCUT2D eigenvalue weighted by Crippen LogP contribution is -2.12. The van der Waals surface area contributed by atoms with Crippen LogP contribution in [0.25, 0.3) is 0 Å². The van der Waals surface area contributed by atoms with Gasteiger partial charge in [0, 0.05) is 16.5 Å². The van der Waals surface area contributed by atoms with Crippen LogP contribution in [0.5, 0.6) is 0 Å². The zero-order chi connectivity index (χ0) is 19.8. The van der Waals surface area contributed by atoms with Crippen LogP contribution >= 0.6 is 11.6 Å². The highest BCUT2D eigenvalue weighted by Crippen LogP contribution is 2.35. The van der Waals surface area contributed by atoms with Crippen LogP contribution in [0.4, 0.5) is 0 Å². The van der Waals surface area contributed by atoms with E-state index >= 15 is 0 Å². The van der Waals surface area contributed by atoms with Gasteiger partial charge in [-0.05, 0) is 74.6 Å². The van der Waals surface area contributed by atoms with Crippen LogP contribution in [0.3, 0.4) is 0 Å². The lowest BCUT2D eigenvalue weighted by Gasteiger charge is -2.26. The number of halogens is 1. The van der Waals surface area contributed by atoms with Gasteiger partial charge < -0.3 is 0 Å². The molecular formula is C27H33Cl. The van der Waals surface area contributed by atoms with Crippen LogP contribution in [0.15, 0.2) is 42.5 Å². The second kappa shape index (κ2) is 10.7. The molecule has 0 atom stereocenters. The molecule has 0 heterocycles. The first-order chi connectivity index (χ1) is 13.7. The van der Waals surface area contributed by atoms with E-state index in [-0.39, 0.29) is 0 Å². The topological polar surface area (TPSA) is 0 Å². The first kappa shape index (κ1) is 21.0. The van der Waals surface area contributed by atoms with Gasteiger partial charge in [-0.25, -0.2) is 0 Å². The van der Waals surface area contributed by atoms with Crippen LogP contribution in [0.1, 0.15) is 86.5 Å². The number of unbranched alkanes of at least 4 members (excludes halogenated alkanes) is 3. The second-order valence-corrected chi connectivity index (χ2v) is 8.75. The summed E-state index contributed by atoms with van der Waals surface area (Å²) in [4.78, 5) is 0. The van der Waals surface area contributed by atoms with Crippen LogP contribution in [-0.4, -0.2) is 0 Å². The molecule has 0 bridgehead atoms. The minimum atomic E-state index is 0.522. The number of benzene rings is 2. The van der Waals surface area contributed by atoms with Crippen LogP contribution in [0.2, 0.25) is 5.02 Å². The van der Waals surface area contributed by atoms with Gasteiger partial charge in [0.15, 0.2) is 0 Å². The number of rotatable bonds is 6. The highest BCUT2D eigenvalue weighted by Gasteiger charge is 2.21. The fraction of sp³-hybridized carbons (Fsp3) is 0.481. The zero-order valence-electron chi connectivity index (χ0n) is 17.4. The maximum Gasteiger partial charge on any atom is 0.0450 e. The second-order valence-electron chi connectivity index (χ2n) is 8.35. The summed E-state index contributed by atoms with van der Waals surface area (Å²) < 4.78 is 0. The van der Waals surface area contributed by atoms with Gasteiger partial charge in [-0.3, -0.25) is 0 Å². The van der Waals surface area contributed by atoms with Gasteiger partial charge in [0.05, 0.1) is 0 Å². The fourth-order valence-electron chi connectivity index (χ4n) is 4.17. The van der Waals surface area contributed by atoms with Gasteiger partial charge in [0.25, 0.3) is 0 Å². The lowest BCUT2D eigenvalue weighted by molar-refractivity contribution is 0.384. The Kier molecular flexibility index (Phi) is 8.05. The summed E-state index contributed by atoms with van der Waals surface area (Å²) in [6.45, 7) is 4.40. The molecule has 0 radical (unpaired) electrons. The molecule has 1 heteroatoms. The van der Waals surface area contributed by atoms with E-state index in [1.165, 1.54) is 68.1 Å². The molecule has 28 heavy (non-hydrogen) atoms. The lowest BCUT2D eigenvalue weighted by atomic mass is 9.79. The quantitative estimate of drug-likeness (QED) is 0.344. The molecule has 3 rings (SSSR count). The standard InChI is InChI=1S/C27H33Cl/c1-3-4-5-6-7-26-19-14-23(20-27(26)28)11-10-22-12-17-25(18-13-22)24-15-8-21(2)9-16-24/h8-9,14-16,19-20,22,25H,3-7,12-13,17-18H2,1-2H3. The molecule has 0 amide bonds. The molecule has 1 saturated carbocycles. The van der Waals surface area contributed by atoms with Crippen LogP contribution in [-0.2, 0) is 6.42 Å².